The van der Waals surface area contributed by atoms with Gasteiger partial charge in [-0.05, 0) is 43.5 Å². The van der Waals surface area contributed by atoms with Gasteiger partial charge in [0.2, 0.25) is 0 Å². The normalized spacial score (nSPS) is 10.6. The van der Waals surface area contributed by atoms with E-state index in [2.05, 4.69) is 15.5 Å². The fraction of sp³-hybridized carbons (Fsp3) is 0.286. The van der Waals surface area contributed by atoms with Gasteiger partial charge in [0, 0.05) is 6.54 Å². The van der Waals surface area contributed by atoms with Crippen LogP contribution in [0.15, 0.2) is 18.2 Å². The summed E-state index contributed by atoms with van der Waals surface area (Å²) in [6.07, 6.45) is 0.626. The van der Waals surface area contributed by atoms with Crippen molar-refractivity contribution < 1.29 is 9.18 Å². The lowest BCUT2D eigenvalue weighted by Gasteiger charge is -2.07. The number of aromatic nitrogens is 2. The Bertz CT molecular complexity index is 636. The molecule has 0 atom stereocenters. The van der Waals surface area contributed by atoms with Gasteiger partial charge in [-0.25, -0.2) is 4.39 Å². The number of carbonyl (C=O) groups is 1. The number of halogens is 1. The maximum absolute atomic E-state index is 13.0. The fourth-order valence-electron chi connectivity index (χ4n) is 1.95. The van der Waals surface area contributed by atoms with E-state index in [1.54, 1.807) is 13.0 Å². The molecular weight excluding hydrogens is 259 g/mol. The van der Waals surface area contributed by atoms with E-state index in [1.807, 2.05) is 6.92 Å². The number of benzene rings is 1. The van der Waals surface area contributed by atoms with Crippen LogP contribution < -0.4 is 11.1 Å². The van der Waals surface area contributed by atoms with E-state index < -0.39 is 0 Å². The molecule has 4 N–H and O–H groups in total. The van der Waals surface area contributed by atoms with Crippen LogP contribution in [0.2, 0.25) is 0 Å². The van der Waals surface area contributed by atoms with E-state index in [0.717, 1.165) is 11.1 Å². The molecule has 0 spiro atoms. The number of hydrogen-bond acceptors (Lipinski definition) is 3. The summed E-state index contributed by atoms with van der Waals surface area (Å²) in [7, 11) is 0. The molecule has 0 aliphatic rings. The Morgan fingerprint density at radius 2 is 2.20 bits per heavy atom. The smallest absolute Gasteiger partial charge is 0.273 e. The highest BCUT2D eigenvalue weighted by Crippen LogP contribution is 2.13. The number of rotatable bonds is 4. The molecule has 0 saturated carbocycles. The lowest BCUT2D eigenvalue weighted by molar-refractivity contribution is 0.0950. The highest BCUT2D eigenvalue weighted by molar-refractivity contribution is 5.97. The summed E-state index contributed by atoms with van der Waals surface area (Å²) in [5, 5.41) is 9.27. The number of nitrogen functional groups attached to an aromatic ring is 1. The van der Waals surface area contributed by atoms with Crippen LogP contribution in [0.1, 0.15) is 27.3 Å². The van der Waals surface area contributed by atoms with Gasteiger partial charge in [-0.1, -0.05) is 6.07 Å². The van der Waals surface area contributed by atoms with E-state index in [4.69, 9.17) is 5.73 Å². The molecule has 0 radical (unpaired) electrons. The lowest BCUT2D eigenvalue weighted by atomic mass is 10.1. The molecule has 0 unspecified atom stereocenters. The number of nitrogens with one attached hydrogen (secondary N) is 2. The molecule has 1 amide bonds. The van der Waals surface area contributed by atoms with E-state index in [9.17, 15) is 9.18 Å². The summed E-state index contributed by atoms with van der Waals surface area (Å²) in [4.78, 5) is 11.9. The van der Waals surface area contributed by atoms with Gasteiger partial charge in [0.15, 0.2) is 5.69 Å². The third-order valence-corrected chi connectivity index (χ3v) is 3.19. The zero-order chi connectivity index (χ0) is 14.7. The van der Waals surface area contributed by atoms with Gasteiger partial charge in [0.1, 0.15) is 5.82 Å². The van der Waals surface area contributed by atoms with Crippen molar-refractivity contribution in [3.05, 3.63) is 46.5 Å². The van der Waals surface area contributed by atoms with E-state index in [-0.39, 0.29) is 17.4 Å². The zero-order valence-electron chi connectivity index (χ0n) is 11.5. The van der Waals surface area contributed by atoms with E-state index in [0.29, 0.717) is 24.3 Å². The highest BCUT2D eigenvalue weighted by Gasteiger charge is 2.14. The van der Waals surface area contributed by atoms with Crippen LogP contribution in [0, 0.1) is 19.7 Å². The Morgan fingerprint density at radius 1 is 1.45 bits per heavy atom. The summed E-state index contributed by atoms with van der Waals surface area (Å²) in [5.74, 6) is -0.568. The maximum atomic E-state index is 13.0. The van der Waals surface area contributed by atoms with Crippen LogP contribution in [0.25, 0.3) is 0 Å². The maximum Gasteiger partial charge on any atom is 0.273 e. The van der Waals surface area contributed by atoms with Gasteiger partial charge in [-0.15, -0.1) is 0 Å². The van der Waals surface area contributed by atoms with Crippen molar-refractivity contribution in [2.75, 3.05) is 12.3 Å². The molecule has 0 aliphatic heterocycles. The Balaban J connectivity index is 1.93. The predicted octanol–water partition coefficient (Wildman–Crippen LogP) is 1.72. The number of aromatic amines is 1. The van der Waals surface area contributed by atoms with E-state index in [1.165, 1.54) is 12.1 Å². The molecule has 20 heavy (non-hydrogen) atoms. The van der Waals surface area contributed by atoms with Gasteiger partial charge >= 0.3 is 0 Å². The summed E-state index contributed by atoms with van der Waals surface area (Å²) < 4.78 is 13.0. The van der Waals surface area contributed by atoms with Gasteiger partial charge in [0.25, 0.3) is 5.91 Å². The molecule has 0 bridgehead atoms. The first kappa shape index (κ1) is 14.0. The number of nitrogens with two attached hydrogens (primary N) is 1. The van der Waals surface area contributed by atoms with Crippen molar-refractivity contribution in [1.29, 1.82) is 0 Å². The average Bonchev–Trinajstić information content (AvgIpc) is 2.72. The number of carbonyl (C=O) groups excluding carboxylic acids is 1. The molecule has 1 aromatic carbocycles. The molecule has 6 heteroatoms. The first-order valence-corrected chi connectivity index (χ1v) is 6.32. The molecule has 5 nitrogen and oxygen atoms in total. The SMILES string of the molecule is Cc1cc(F)ccc1CCNC(=O)c1n[nH]c(C)c1N. The number of nitrogens with zero attached hydrogens (tertiary/aromatic N) is 1. The first-order chi connectivity index (χ1) is 9.49. The Kier molecular flexibility index (Phi) is 4.02. The second kappa shape index (κ2) is 5.73. The van der Waals surface area contributed by atoms with Crippen LogP contribution in [-0.2, 0) is 6.42 Å². The number of amides is 1. The lowest BCUT2D eigenvalue weighted by Crippen LogP contribution is -2.27. The average molecular weight is 276 g/mol. The monoisotopic (exact) mass is 276 g/mol. The van der Waals surface area contributed by atoms with Crippen molar-refractivity contribution in [2.24, 2.45) is 0 Å². The summed E-state index contributed by atoms with van der Waals surface area (Å²) in [6.45, 7) is 4.03. The van der Waals surface area contributed by atoms with Crippen LogP contribution >= 0.6 is 0 Å². The Labute approximate surface area is 116 Å². The molecule has 1 heterocycles. The van der Waals surface area contributed by atoms with Gasteiger partial charge in [-0.2, -0.15) is 5.10 Å². The van der Waals surface area contributed by atoms with Crippen molar-refractivity contribution in [3.8, 4) is 0 Å². The second-order valence-electron chi connectivity index (χ2n) is 4.69. The van der Waals surface area contributed by atoms with Crippen LogP contribution in [0.4, 0.5) is 10.1 Å². The Morgan fingerprint density at radius 3 is 2.80 bits per heavy atom. The van der Waals surface area contributed by atoms with Crippen LogP contribution in [-0.4, -0.2) is 22.6 Å². The summed E-state index contributed by atoms with van der Waals surface area (Å²) in [6, 6.07) is 4.62. The van der Waals surface area contributed by atoms with Crippen molar-refractivity contribution >= 4 is 11.6 Å². The molecule has 2 aromatic rings. The molecule has 2 rings (SSSR count). The third kappa shape index (κ3) is 2.96. The van der Waals surface area contributed by atoms with Gasteiger partial charge < -0.3 is 11.1 Å². The minimum absolute atomic E-state index is 0.207. The number of aryl methyl sites for hydroxylation is 2. The minimum atomic E-state index is -0.313. The Hall–Kier alpha value is -2.37. The number of hydrogen-bond donors (Lipinski definition) is 3. The highest BCUT2D eigenvalue weighted by atomic mass is 19.1. The molecular formula is C14H17FN4O. The fourth-order valence-corrected chi connectivity index (χ4v) is 1.95. The van der Waals surface area contributed by atoms with Crippen molar-refractivity contribution in [3.63, 3.8) is 0 Å². The van der Waals surface area contributed by atoms with Crippen molar-refractivity contribution in [1.82, 2.24) is 15.5 Å². The molecule has 0 saturated heterocycles. The minimum Gasteiger partial charge on any atom is -0.395 e. The molecule has 106 valence electrons. The van der Waals surface area contributed by atoms with Gasteiger partial charge in [0.05, 0.1) is 11.4 Å². The van der Waals surface area contributed by atoms with Crippen LogP contribution in [0.5, 0.6) is 0 Å². The van der Waals surface area contributed by atoms with Crippen LogP contribution in [0.3, 0.4) is 0 Å². The molecule has 0 fully saturated rings. The van der Waals surface area contributed by atoms with Crippen molar-refractivity contribution in [2.45, 2.75) is 20.3 Å². The number of anilines is 1. The topological polar surface area (TPSA) is 83.8 Å². The van der Waals surface area contributed by atoms with Gasteiger partial charge in [-0.3, -0.25) is 9.89 Å². The third-order valence-electron chi connectivity index (χ3n) is 3.19. The predicted molar refractivity (Wildman–Crippen MR) is 74.9 cm³/mol. The standard InChI is InChI=1S/C14H17FN4O/c1-8-7-11(15)4-3-10(8)5-6-17-14(20)13-12(16)9(2)18-19-13/h3-4,7H,5-6,16H2,1-2H3,(H,17,20)(H,18,19). The summed E-state index contributed by atoms with van der Waals surface area (Å²) >= 11 is 0. The largest absolute Gasteiger partial charge is 0.395 e. The van der Waals surface area contributed by atoms with E-state index >= 15 is 0 Å². The molecule has 1 aromatic heterocycles. The second-order valence-corrected chi connectivity index (χ2v) is 4.69. The number of H-pyrrole nitrogens is 1. The zero-order valence-corrected chi connectivity index (χ0v) is 11.5. The summed E-state index contributed by atoms with van der Waals surface area (Å²) in [5.41, 5.74) is 8.84. The first-order valence-electron chi connectivity index (χ1n) is 6.32. The quantitative estimate of drug-likeness (QED) is 0.795. The molecule has 0 aliphatic carbocycles.